The normalized spacial score (nSPS) is 13.0. The number of phenols is 1. The molecule has 0 atom stereocenters. The number of carbonyl (C=O) groups is 1. The van der Waals surface area contributed by atoms with E-state index in [1.807, 2.05) is 36.4 Å². The predicted octanol–water partition coefficient (Wildman–Crippen LogP) is 3.89. The van der Waals surface area contributed by atoms with E-state index in [0.717, 1.165) is 22.1 Å². The maximum Gasteiger partial charge on any atom is 0.342 e. The predicted molar refractivity (Wildman–Crippen MR) is 86.7 cm³/mol. The maximum atomic E-state index is 12.0. The van der Waals surface area contributed by atoms with Crippen molar-refractivity contribution in [1.29, 1.82) is 0 Å². The first kappa shape index (κ1) is 13.6. The number of cyclic esters (lactones) is 1. The Morgan fingerprint density at radius 2 is 1.83 bits per heavy atom. The van der Waals surface area contributed by atoms with Gasteiger partial charge in [-0.25, -0.2) is 4.79 Å². The number of phenolic OH excluding ortho intramolecular Hbond substituents is 1. The van der Waals surface area contributed by atoms with E-state index in [9.17, 15) is 9.90 Å². The summed E-state index contributed by atoms with van der Waals surface area (Å²) >= 11 is 0. The van der Waals surface area contributed by atoms with Crippen LogP contribution in [0, 0.1) is 0 Å². The van der Waals surface area contributed by atoms with E-state index in [1.54, 1.807) is 19.2 Å². The zero-order valence-corrected chi connectivity index (χ0v) is 12.5. The number of esters is 1. The van der Waals surface area contributed by atoms with Crippen molar-refractivity contribution < 1.29 is 19.4 Å². The maximum absolute atomic E-state index is 12.0. The van der Waals surface area contributed by atoms with Gasteiger partial charge in [0.1, 0.15) is 23.7 Å². The molecule has 1 N–H and O–H groups in total. The van der Waals surface area contributed by atoms with Gasteiger partial charge < -0.3 is 14.6 Å². The van der Waals surface area contributed by atoms with Crippen LogP contribution in [0.15, 0.2) is 48.5 Å². The molecular weight excluding hydrogens is 292 g/mol. The fourth-order valence-electron chi connectivity index (χ4n) is 3.14. The van der Waals surface area contributed by atoms with Crippen LogP contribution >= 0.6 is 0 Å². The molecule has 1 heterocycles. The molecule has 4 nitrogen and oxygen atoms in total. The van der Waals surface area contributed by atoms with Crippen molar-refractivity contribution in [2.45, 2.75) is 6.61 Å². The molecular formula is C19H14O4. The topological polar surface area (TPSA) is 55.8 Å². The van der Waals surface area contributed by atoms with Gasteiger partial charge in [0.25, 0.3) is 0 Å². The Morgan fingerprint density at radius 1 is 1.04 bits per heavy atom. The van der Waals surface area contributed by atoms with Gasteiger partial charge in [0, 0.05) is 10.9 Å². The van der Waals surface area contributed by atoms with Crippen molar-refractivity contribution in [1.82, 2.24) is 0 Å². The molecule has 3 aromatic rings. The Balaban J connectivity index is 2.18. The van der Waals surface area contributed by atoms with Gasteiger partial charge in [-0.05, 0) is 34.7 Å². The van der Waals surface area contributed by atoms with Crippen molar-refractivity contribution in [3.05, 3.63) is 59.7 Å². The number of carbonyl (C=O) groups excluding carboxylic acids is 1. The van der Waals surface area contributed by atoms with Gasteiger partial charge in [0.15, 0.2) is 0 Å². The van der Waals surface area contributed by atoms with Crippen molar-refractivity contribution in [3.8, 4) is 22.6 Å². The molecule has 0 bridgehead atoms. The number of hydrogen-bond acceptors (Lipinski definition) is 4. The van der Waals surface area contributed by atoms with Crippen LogP contribution in [0.4, 0.5) is 0 Å². The molecule has 114 valence electrons. The Hall–Kier alpha value is -3.01. The van der Waals surface area contributed by atoms with E-state index in [4.69, 9.17) is 9.47 Å². The van der Waals surface area contributed by atoms with Crippen LogP contribution in [0.25, 0.3) is 21.9 Å². The molecule has 23 heavy (non-hydrogen) atoms. The lowest BCUT2D eigenvalue weighted by Crippen LogP contribution is -1.97. The number of rotatable bonds is 2. The molecule has 0 saturated carbocycles. The quantitative estimate of drug-likeness (QED) is 0.730. The number of aromatic hydroxyl groups is 1. The minimum atomic E-state index is -0.479. The third kappa shape index (κ3) is 1.95. The summed E-state index contributed by atoms with van der Waals surface area (Å²) in [6.07, 6.45) is 0. The molecule has 0 fully saturated rings. The highest BCUT2D eigenvalue weighted by molar-refractivity contribution is 6.11. The van der Waals surface area contributed by atoms with Gasteiger partial charge in [-0.1, -0.05) is 30.3 Å². The minimum Gasteiger partial charge on any atom is -0.506 e. The summed E-state index contributed by atoms with van der Waals surface area (Å²) in [4.78, 5) is 12.0. The van der Waals surface area contributed by atoms with Crippen LogP contribution in [0.1, 0.15) is 15.9 Å². The third-order valence-corrected chi connectivity index (χ3v) is 4.21. The fraction of sp³-hybridized carbons (Fsp3) is 0.105. The summed E-state index contributed by atoms with van der Waals surface area (Å²) < 4.78 is 10.5. The number of hydrogen-bond donors (Lipinski definition) is 1. The van der Waals surface area contributed by atoms with Gasteiger partial charge in [0.2, 0.25) is 0 Å². The van der Waals surface area contributed by atoms with Crippen LogP contribution < -0.4 is 4.74 Å². The van der Waals surface area contributed by atoms with Crippen molar-refractivity contribution in [2.24, 2.45) is 0 Å². The summed E-state index contributed by atoms with van der Waals surface area (Å²) in [5.74, 6) is 0.187. The summed E-state index contributed by atoms with van der Waals surface area (Å²) in [7, 11) is 1.60. The van der Waals surface area contributed by atoms with E-state index in [2.05, 4.69) is 0 Å². The van der Waals surface area contributed by atoms with Crippen LogP contribution in [-0.4, -0.2) is 18.2 Å². The van der Waals surface area contributed by atoms with E-state index in [1.165, 1.54) is 0 Å². The Labute approximate surface area is 132 Å². The van der Waals surface area contributed by atoms with Crippen LogP contribution in [0.5, 0.6) is 11.5 Å². The molecule has 4 heteroatoms. The first-order valence-electron chi connectivity index (χ1n) is 7.29. The fourth-order valence-corrected chi connectivity index (χ4v) is 3.14. The highest BCUT2D eigenvalue weighted by atomic mass is 16.5. The Kier molecular flexibility index (Phi) is 2.98. The molecule has 0 spiro atoms. The van der Waals surface area contributed by atoms with E-state index < -0.39 is 5.97 Å². The lowest BCUT2D eigenvalue weighted by molar-refractivity contribution is 0.0533. The highest BCUT2D eigenvalue weighted by Gasteiger charge is 2.31. The van der Waals surface area contributed by atoms with Gasteiger partial charge in [-0.15, -0.1) is 0 Å². The molecule has 0 unspecified atom stereocenters. The minimum absolute atomic E-state index is 0.0279. The average Bonchev–Trinajstić information content (AvgIpc) is 2.97. The molecule has 0 radical (unpaired) electrons. The summed E-state index contributed by atoms with van der Waals surface area (Å²) in [6.45, 7) is 0.166. The molecule has 1 aliphatic rings. The summed E-state index contributed by atoms with van der Waals surface area (Å²) in [5.41, 5.74) is 2.86. The first-order valence-corrected chi connectivity index (χ1v) is 7.29. The zero-order valence-electron chi connectivity index (χ0n) is 12.5. The van der Waals surface area contributed by atoms with Crippen LogP contribution in [0.2, 0.25) is 0 Å². The second-order valence-electron chi connectivity index (χ2n) is 5.43. The van der Waals surface area contributed by atoms with Crippen LogP contribution in [-0.2, 0) is 11.3 Å². The van der Waals surface area contributed by atoms with Gasteiger partial charge >= 0.3 is 5.97 Å². The first-order chi connectivity index (χ1) is 11.2. The lowest BCUT2D eigenvalue weighted by Gasteiger charge is -2.14. The average molecular weight is 306 g/mol. The number of ether oxygens (including phenoxy) is 2. The Bertz CT molecular complexity index is 929. The van der Waals surface area contributed by atoms with Gasteiger partial charge in [-0.3, -0.25) is 0 Å². The summed E-state index contributed by atoms with van der Waals surface area (Å²) in [5, 5.41) is 12.0. The smallest absolute Gasteiger partial charge is 0.342 e. The van der Waals surface area contributed by atoms with Crippen molar-refractivity contribution in [3.63, 3.8) is 0 Å². The summed E-state index contributed by atoms with van der Waals surface area (Å²) in [6, 6.07) is 15.2. The van der Waals surface area contributed by atoms with Crippen molar-refractivity contribution in [2.75, 3.05) is 7.11 Å². The van der Waals surface area contributed by atoms with E-state index in [0.29, 0.717) is 11.1 Å². The monoisotopic (exact) mass is 306 g/mol. The van der Waals surface area contributed by atoms with Crippen LogP contribution in [0.3, 0.4) is 0 Å². The number of benzene rings is 3. The largest absolute Gasteiger partial charge is 0.506 e. The SMILES string of the molecule is COc1ccc2c(O)c3c(c(-c4ccccc4)c2c1)COC3=O. The molecule has 0 amide bonds. The number of fused-ring (bicyclic) bond motifs is 2. The van der Waals surface area contributed by atoms with Gasteiger partial charge in [-0.2, -0.15) is 0 Å². The third-order valence-electron chi connectivity index (χ3n) is 4.21. The molecule has 0 saturated heterocycles. The number of methoxy groups -OCH3 is 1. The molecule has 1 aliphatic heterocycles. The molecule has 3 aromatic carbocycles. The lowest BCUT2D eigenvalue weighted by atomic mass is 9.90. The van der Waals surface area contributed by atoms with Crippen molar-refractivity contribution >= 4 is 16.7 Å². The second-order valence-corrected chi connectivity index (χ2v) is 5.43. The second kappa shape index (κ2) is 5.02. The zero-order chi connectivity index (χ0) is 16.0. The molecule has 0 aliphatic carbocycles. The van der Waals surface area contributed by atoms with E-state index in [-0.39, 0.29) is 17.9 Å². The molecule has 0 aromatic heterocycles. The Morgan fingerprint density at radius 3 is 2.57 bits per heavy atom. The van der Waals surface area contributed by atoms with Gasteiger partial charge in [0.05, 0.1) is 7.11 Å². The highest BCUT2D eigenvalue weighted by Crippen LogP contribution is 2.44. The van der Waals surface area contributed by atoms with E-state index >= 15 is 0 Å². The molecule has 4 rings (SSSR count). The standard InChI is InChI=1S/C19H14O4/c1-22-12-7-8-13-14(9-12)16(11-5-3-2-4-6-11)15-10-23-19(21)17(15)18(13)20/h2-9,20H,10H2,1H3.